The van der Waals surface area contributed by atoms with Crippen LogP contribution in [0.15, 0.2) is 60.8 Å². The molecule has 24 heavy (non-hydrogen) atoms. The van der Waals surface area contributed by atoms with Gasteiger partial charge in [-0.3, -0.25) is 4.79 Å². The van der Waals surface area contributed by atoms with Gasteiger partial charge in [0, 0.05) is 23.0 Å². The van der Waals surface area contributed by atoms with Gasteiger partial charge < -0.3 is 10.3 Å². The standard InChI is InChI=1S/C19H15N3OS/c1-12-17(24-19(21-12)14-5-3-2-4-6-14)18(23)22-15-8-7-13-9-10-20-16(13)11-15/h2-11,20H,1H3,(H,22,23). The van der Waals surface area contributed by atoms with Crippen molar-refractivity contribution in [1.29, 1.82) is 0 Å². The number of carbonyl (C=O) groups excluding carboxylic acids is 1. The molecule has 4 rings (SSSR count). The monoisotopic (exact) mass is 333 g/mol. The maximum absolute atomic E-state index is 12.6. The first-order chi connectivity index (χ1) is 11.7. The lowest BCUT2D eigenvalue weighted by Crippen LogP contribution is -2.11. The van der Waals surface area contributed by atoms with Crippen LogP contribution >= 0.6 is 11.3 Å². The summed E-state index contributed by atoms with van der Waals surface area (Å²) in [5.41, 5.74) is 3.54. The van der Waals surface area contributed by atoms with E-state index in [2.05, 4.69) is 15.3 Å². The quantitative estimate of drug-likeness (QED) is 0.563. The fourth-order valence-electron chi connectivity index (χ4n) is 2.62. The van der Waals surface area contributed by atoms with Crippen molar-refractivity contribution < 1.29 is 4.79 Å². The van der Waals surface area contributed by atoms with Crippen LogP contribution in [-0.4, -0.2) is 15.9 Å². The zero-order chi connectivity index (χ0) is 16.5. The van der Waals surface area contributed by atoms with Crippen LogP contribution in [0.1, 0.15) is 15.4 Å². The minimum absolute atomic E-state index is 0.127. The second-order valence-corrected chi connectivity index (χ2v) is 6.53. The van der Waals surface area contributed by atoms with Crippen LogP contribution in [0.25, 0.3) is 21.5 Å². The molecule has 0 aliphatic carbocycles. The molecular formula is C19H15N3OS. The van der Waals surface area contributed by atoms with E-state index in [0.29, 0.717) is 4.88 Å². The highest BCUT2D eigenvalue weighted by Gasteiger charge is 2.16. The molecule has 2 aromatic carbocycles. The van der Waals surface area contributed by atoms with Gasteiger partial charge in [0.05, 0.1) is 5.69 Å². The van der Waals surface area contributed by atoms with Gasteiger partial charge in [-0.2, -0.15) is 0 Å². The summed E-state index contributed by atoms with van der Waals surface area (Å²) >= 11 is 1.41. The van der Waals surface area contributed by atoms with Gasteiger partial charge in [0.2, 0.25) is 0 Å². The van der Waals surface area contributed by atoms with E-state index in [1.807, 2.05) is 67.7 Å². The van der Waals surface area contributed by atoms with E-state index in [0.717, 1.165) is 32.9 Å². The number of hydrogen-bond acceptors (Lipinski definition) is 3. The molecule has 2 heterocycles. The number of carbonyl (C=O) groups is 1. The van der Waals surface area contributed by atoms with Gasteiger partial charge in [-0.15, -0.1) is 11.3 Å². The van der Waals surface area contributed by atoms with Gasteiger partial charge in [0.15, 0.2) is 0 Å². The molecule has 2 aromatic heterocycles. The molecule has 1 amide bonds. The Labute approximate surface area is 143 Å². The lowest BCUT2D eigenvalue weighted by atomic mass is 10.2. The lowest BCUT2D eigenvalue weighted by Gasteiger charge is -2.04. The van der Waals surface area contributed by atoms with Gasteiger partial charge in [-0.1, -0.05) is 36.4 Å². The van der Waals surface area contributed by atoms with E-state index in [1.54, 1.807) is 0 Å². The largest absolute Gasteiger partial charge is 0.361 e. The van der Waals surface area contributed by atoms with E-state index < -0.39 is 0 Å². The topological polar surface area (TPSA) is 57.8 Å². The molecule has 0 atom stereocenters. The van der Waals surface area contributed by atoms with Gasteiger partial charge in [-0.25, -0.2) is 4.98 Å². The van der Waals surface area contributed by atoms with E-state index in [1.165, 1.54) is 11.3 Å². The van der Waals surface area contributed by atoms with Crippen molar-refractivity contribution in [3.05, 3.63) is 71.4 Å². The molecule has 0 aliphatic heterocycles. The summed E-state index contributed by atoms with van der Waals surface area (Å²) in [6, 6.07) is 17.7. The number of thiazole rings is 1. The highest BCUT2D eigenvalue weighted by Crippen LogP contribution is 2.28. The number of nitrogens with one attached hydrogen (secondary N) is 2. The van der Waals surface area contributed by atoms with Crippen molar-refractivity contribution in [2.24, 2.45) is 0 Å². The molecule has 118 valence electrons. The first-order valence-electron chi connectivity index (χ1n) is 7.62. The smallest absolute Gasteiger partial charge is 0.267 e. The predicted molar refractivity (Wildman–Crippen MR) is 98.5 cm³/mol. The Morgan fingerprint density at radius 2 is 1.96 bits per heavy atom. The SMILES string of the molecule is Cc1nc(-c2ccccc2)sc1C(=O)Nc1ccc2cc[nH]c2c1. The summed E-state index contributed by atoms with van der Waals surface area (Å²) in [6.45, 7) is 1.87. The lowest BCUT2D eigenvalue weighted by molar-refractivity contribution is 0.103. The van der Waals surface area contributed by atoms with Gasteiger partial charge in [0.1, 0.15) is 9.88 Å². The van der Waals surface area contributed by atoms with Crippen LogP contribution in [0.4, 0.5) is 5.69 Å². The summed E-state index contributed by atoms with van der Waals surface area (Å²) in [4.78, 5) is 20.9. The third-order valence-corrected chi connectivity index (χ3v) is 5.04. The molecule has 4 nitrogen and oxygen atoms in total. The molecule has 0 unspecified atom stereocenters. The van der Waals surface area contributed by atoms with Crippen LogP contribution < -0.4 is 5.32 Å². The van der Waals surface area contributed by atoms with E-state index in [-0.39, 0.29) is 5.91 Å². The van der Waals surface area contributed by atoms with E-state index >= 15 is 0 Å². The summed E-state index contributed by atoms with van der Waals surface area (Å²) < 4.78 is 0. The van der Waals surface area contributed by atoms with E-state index in [4.69, 9.17) is 0 Å². The Balaban J connectivity index is 1.61. The first kappa shape index (κ1) is 14.7. The zero-order valence-corrected chi connectivity index (χ0v) is 13.9. The third kappa shape index (κ3) is 2.70. The van der Waals surface area contributed by atoms with Crippen molar-refractivity contribution in [2.75, 3.05) is 5.32 Å². The number of aromatic amines is 1. The average Bonchev–Trinajstić information content (AvgIpc) is 3.21. The Morgan fingerprint density at radius 3 is 2.79 bits per heavy atom. The number of anilines is 1. The molecule has 2 N–H and O–H groups in total. The second-order valence-electron chi connectivity index (χ2n) is 5.53. The molecule has 0 radical (unpaired) electrons. The van der Waals surface area contributed by atoms with Crippen LogP contribution in [0, 0.1) is 6.92 Å². The van der Waals surface area contributed by atoms with Crippen LogP contribution in [0.2, 0.25) is 0 Å². The van der Waals surface area contributed by atoms with Crippen molar-refractivity contribution in [3.8, 4) is 10.6 Å². The highest BCUT2D eigenvalue weighted by atomic mass is 32.1. The van der Waals surface area contributed by atoms with Crippen LogP contribution in [0.3, 0.4) is 0 Å². The number of benzene rings is 2. The first-order valence-corrected chi connectivity index (χ1v) is 8.44. The minimum Gasteiger partial charge on any atom is -0.361 e. The second kappa shape index (κ2) is 5.94. The number of nitrogens with zero attached hydrogens (tertiary/aromatic N) is 1. The number of amides is 1. The summed E-state index contributed by atoms with van der Waals surface area (Å²) in [5.74, 6) is -0.127. The average molecular weight is 333 g/mol. The fourth-order valence-corrected chi connectivity index (χ4v) is 3.59. The van der Waals surface area contributed by atoms with Crippen molar-refractivity contribution >= 4 is 33.8 Å². The number of aryl methyl sites for hydroxylation is 1. The molecule has 0 saturated heterocycles. The molecule has 0 saturated carbocycles. The van der Waals surface area contributed by atoms with Crippen molar-refractivity contribution in [2.45, 2.75) is 6.92 Å². The minimum atomic E-state index is -0.127. The van der Waals surface area contributed by atoms with Gasteiger partial charge >= 0.3 is 0 Å². The number of aromatic nitrogens is 2. The highest BCUT2D eigenvalue weighted by molar-refractivity contribution is 7.17. The Morgan fingerprint density at radius 1 is 1.12 bits per heavy atom. The maximum Gasteiger partial charge on any atom is 0.267 e. The van der Waals surface area contributed by atoms with Gasteiger partial charge in [-0.05, 0) is 30.5 Å². The molecular weight excluding hydrogens is 318 g/mol. The fraction of sp³-hybridized carbons (Fsp3) is 0.0526. The molecule has 0 aliphatic rings. The molecule has 5 heteroatoms. The van der Waals surface area contributed by atoms with Crippen LogP contribution in [-0.2, 0) is 0 Å². The summed E-state index contributed by atoms with van der Waals surface area (Å²) in [6.07, 6.45) is 1.88. The number of hydrogen-bond donors (Lipinski definition) is 2. The zero-order valence-electron chi connectivity index (χ0n) is 13.0. The number of rotatable bonds is 3. The molecule has 0 spiro atoms. The summed E-state index contributed by atoms with van der Waals surface area (Å²) in [7, 11) is 0. The molecule has 0 bridgehead atoms. The Kier molecular flexibility index (Phi) is 3.63. The number of fused-ring (bicyclic) bond motifs is 1. The molecule has 4 aromatic rings. The number of H-pyrrole nitrogens is 1. The molecule has 0 fully saturated rings. The Bertz CT molecular complexity index is 1020. The predicted octanol–water partition coefficient (Wildman–Crippen LogP) is 4.85. The van der Waals surface area contributed by atoms with Crippen LogP contribution in [0.5, 0.6) is 0 Å². The van der Waals surface area contributed by atoms with Gasteiger partial charge in [0.25, 0.3) is 5.91 Å². The van der Waals surface area contributed by atoms with E-state index in [9.17, 15) is 4.79 Å². The maximum atomic E-state index is 12.6. The Hall–Kier alpha value is -2.92. The summed E-state index contributed by atoms with van der Waals surface area (Å²) in [5, 5.41) is 4.94. The van der Waals surface area contributed by atoms with Crippen molar-refractivity contribution in [3.63, 3.8) is 0 Å². The van der Waals surface area contributed by atoms with Crippen molar-refractivity contribution in [1.82, 2.24) is 9.97 Å². The third-order valence-electron chi connectivity index (χ3n) is 3.84. The normalized spacial score (nSPS) is 10.9.